The average Bonchev–Trinajstić information content (AvgIpc) is 3.15. The number of pyridine rings is 1. The summed E-state index contributed by atoms with van der Waals surface area (Å²) in [7, 11) is 0. The van der Waals surface area contributed by atoms with E-state index >= 15 is 0 Å². The molecule has 0 N–H and O–H groups in total. The Hall–Kier alpha value is -1.79. The van der Waals surface area contributed by atoms with E-state index in [0.29, 0.717) is 19.8 Å². The third-order valence-electron chi connectivity index (χ3n) is 3.64. The number of hydrogen-bond acceptors (Lipinski definition) is 5. The topological polar surface area (TPSA) is 62.1 Å². The molecule has 1 fully saturated rings. The molecule has 0 aromatic carbocycles. The van der Waals surface area contributed by atoms with Crippen LogP contribution >= 0.6 is 0 Å². The minimum absolute atomic E-state index is 0.286. The number of ether oxygens (including phenoxy) is 2. The zero-order valence-corrected chi connectivity index (χ0v) is 12.5. The third-order valence-corrected chi connectivity index (χ3v) is 3.64. The summed E-state index contributed by atoms with van der Waals surface area (Å²) < 4.78 is 12.8. The van der Waals surface area contributed by atoms with Gasteiger partial charge in [0.05, 0.1) is 12.3 Å². The molecular weight excluding hydrogens is 268 g/mol. The van der Waals surface area contributed by atoms with Gasteiger partial charge in [-0.15, -0.1) is 0 Å². The van der Waals surface area contributed by atoms with E-state index in [1.54, 1.807) is 6.20 Å². The second-order valence-corrected chi connectivity index (χ2v) is 5.16. The van der Waals surface area contributed by atoms with Gasteiger partial charge >= 0.3 is 0 Å². The highest BCUT2D eigenvalue weighted by Gasteiger charge is 2.24. The predicted octanol–water partition coefficient (Wildman–Crippen LogP) is 2.01. The summed E-state index contributed by atoms with van der Waals surface area (Å²) in [6, 6.07) is 1.95. The molecule has 0 saturated carbocycles. The van der Waals surface area contributed by atoms with E-state index in [0.717, 1.165) is 35.9 Å². The summed E-state index contributed by atoms with van der Waals surface area (Å²) in [4.78, 5) is 8.81. The molecule has 2 aromatic heterocycles. The van der Waals surface area contributed by atoms with Gasteiger partial charge in [0.2, 0.25) is 0 Å². The first-order valence-electron chi connectivity index (χ1n) is 7.32. The van der Waals surface area contributed by atoms with E-state index in [1.165, 1.54) is 0 Å². The molecule has 1 aliphatic rings. The zero-order chi connectivity index (χ0) is 14.7. The van der Waals surface area contributed by atoms with Crippen molar-refractivity contribution in [2.45, 2.75) is 32.8 Å². The molecule has 6 heteroatoms. The van der Waals surface area contributed by atoms with Gasteiger partial charge in [-0.2, -0.15) is 5.10 Å². The molecule has 1 aliphatic heterocycles. The van der Waals surface area contributed by atoms with Crippen molar-refractivity contribution in [3.05, 3.63) is 35.7 Å². The summed E-state index contributed by atoms with van der Waals surface area (Å²) >= 11 is 0. The Morgan fingerprint density at radius 2 is 2.38 bits per heavy atom. The fraction of sp³-hybridized carbons (Fsp3) is 0.533. The standard InChI is InChI=1S/C15H20N4O2/c1-3-20-10-14-17-15(12-5-7-21-9-12)18-19(14)13-4-6-16-8-11(13)2/h4,6,8,12H,3,5,7,9-10H2,1-2H3. The minimum Gasteiger partial charge on any atom is -0.381 e. The molecule has 0 bridgehead atoms. The maximum atomic E-state index is 5.53. The van der Waals surface area contributed by atoms with Crippen LogP contribution in [0.1, 0.15) is 36.5 Å². The van der Waals surface area contributed by atoms with Crippen LogP contribution in [0.3, 0.4) is 0 Å². The van der Waals surface area contributed by atoms with E-state index in [9.17, 15) is 0 Å². The zero-order valence-electron chi connectivity index (χ0n) is 12.5. The van der Waals surface area contributed by atoms with Crippen molar-refractivity contribution >= 4 is 0 Å². The molecule has 0 radical (unpaired) electrons. The van der Waals surface area contributed by atoms with Gasteiger partial charge in [-0.05, 0) is 31.9 Å². The monoisotopic (exact) mass is 288 g/mol. The van der Waals surface area contributed by atoms with Gasteiger partial charge in [0.15, 0.2) is 11.6 Å². The summed E-state index contributed by atoms with van der Waals surface area (Å²) in [5.74, 6) is 1.96. The fourth-order valence-corrected chi connectivity index (χ4v) is 2.46. The van der Waals surface area contributed by atoms with Crippen LogP contribution in [0.25, 0.3) is 5.69 Å². The van der Waals surface area contributed by atoms with Crippen molar-refractivity contribution in [2.75, 3.05) is 19.8 Å². The third kappa shape index (κ3) is 2.96. The van der Waals surface area contributed by atoms with Gasteiger partial charge in [0.1, 0.15) is 6.61 Å². The first-order chi connectivity index (χ1) is 10.3. The van der Waals surface area contributed by atoms with Crippen LogP contribution in [-0.2, 0) is 16.1 Å². The smallest absolute Gasteiger partial charge is 0.158 e. The lowest BCUT2D eigenvalue weighted by atomic mass is 10.1. The highest BCUT2D eigenvalue weighted by atomic mass is 16.5. The Morgan fingerprint density at radius 3 is 3.10 bits per heavy atom. The average molecular weight is 288 g/mol. The minimum atomic E-state index is 0.286. The molecule has 112 valence electrons. The largest absolute Gasteiger partial charge is 0.381 e. The van der Waals surface area contributed by atoms with E-state index in [4.69, 9.17) is 14.6 Å². The second kappa shape index (κ2) is 6.32. The molecule has 21 heavy (non-hydrogen) atoms. The Kier molecular flexibility index (Phi) is 4.26. The Bertz CT molecular complexity index is 605. The lowest BCUT2D eigenvalue weighted by molar-refractivity contribution is 0.126. The molecule has 2 aromatic rings. The summed E-state index contributed by atoms with van der Waals surface area (Å²) in [6.45, 7) is 6.60. The first-order valence-corrected chi connectivity index (χ1v) is 7.32. The van der Waals surface area contributed by atoms with E-state index in [1.807, 2.05) is 30.8 Å². The maximum absolute atomic E-state index is 5.53. The van der Waals surface area contributed by atoms with E-state index in [2.05, 4.69) is 9.97 Å². The lowest BCUT2D eigenvalue weighted by Crippen LogP contribution is -2.07. The molecule has 3 rings (SSSR count). The molecule has 3 heterocycles. The molecule has 1 unspecified atom stereocenters. The van der Waals surface area contributed by atoms with E-state index in [-0.39, 0.29) is 5.92 Å². The summed E-state index contributed by atoms with van der Waals surface area (Å²) in [5.41, 5.74) is 2.06. The van der Waals surface area contributed by atoms with Crippen LogP contribution in [0.5, 0.6) is 0 Å². The molecule has 1 saturated heterocycles. The summed E-state index contributed by atoms with van der Waals surface area (Å²) in [5, 5.41) is 4.69. The van der Waals surface area contributed by atoms with Gasteiger partial charge in [-0.1, -0.05) is 0 Å². The molecule has 0 aliphatic carbocycles. The Balaban J connectivity index is 1.98. The van der Waals surface area contributed by atoms with Crippen molar-refractivity contribution < 1.29 is 9.47 Å². The lowest BCUT2D eigenvalue weighted by Gasteiger charge is -2.08. The SMILES string of the molecule is CCOCc1nc(C2CCOC2)nn1-c1ccncc1C. The van der Waals surface area contributed by atoms with Gasteiger partial charge in [-0.3, -0.25) is 4.98 Å². The highest BCUT2D eigenvalue weighted by molar-refractivity contribution is 5.37. The van der Waals surface area contributed by atoms with Gasteiger partial charge in [-0.25, -0.2) is 9.67 Å². The van der Waals surface area contributed by atoms with Crippen LogP contribution in [0.2, 0.25) is 0 Å². The van der Waals surface area contributed by atoms with Crippen LogP contribution in [0, 0.1) is 6.92 Å². The van der Waals surface area contributed by atoms with Gasteiger partial charge < -0.3 is 9.47 Å². The van der Waals surface area contributed by atoms with Gasteiger partial charge in [0, 0.05) is 31.5 Å². The quantitative estimate of drug-likeness (QED) is 0.842. The van der Waals surface area contributed by atoms with Gasteiger partial charge in [0.25, 0.3) is 0 Å². The van der Waals surface area contributed by atoms with E-state index < -0.39 is 0 Å². The molecule has 6 nitrogen and oxygen atoms in total. The highest BCUT2D eigenvalue weighted by Crippen LogP contribution is 2.24. The Labute approximate surface area is 124 Å². The number of nitrogens with zero attached hydrogens (tertiary/aromatic N) is 4. The number of aryl methyl sites for hydroxylation is 1. The van der Waals surface area contributed by atoms with Crippen molar-refractivity contribution in [3.63, 3.8) is 0 Å². The predicted molar refractivity (Wildman–Crippen MR) is 77.4 cm³/mol. The molecule has 0 spiro atoms. The number of hydrogen-bond donors (Lipinski definition) is 0. The number of rotatable bonds is 5. The summed E-state index contributed by atoms with van der Waals surface area (Å²) in [6.07, 6.45) is 4.58. The van der Waals surface area contributed by atoms with Crippen LogP contribution in [0.4, 0.5) is 0 Å². The van der Waals surface area contributed by atoms with Crippen molar-refractivity contribution in [1.29, 1.82) is 0 Å². The first kappa shape index (κ1) is 14.2. The van der Waals surface area contributed by atoms with Crippen LogP contribution in [-0.4, -0.2) is 39.6 Å². The molecule has 0 amide bonds. The van der Waals surface area contributed by atoms with Crippen molar-refractivity contribution in [3.8, 4) is 5.69 Å². The van der Waals surface area contributed by atoms with Crippen LogP contribution in [0.15, 0.2) is 18.5 Å². The second-order valence-electron chi connectivity index (χ2n) is 5.16. The van der Waals surface area contributed by atoms with Crippen molar-refractivity contribution in [1.82, 2.24) is 19.7 Å². The normalized spacial score (nSPS) is 18.3. The Morgan fingerprint density at radius 1 is 1.48 bits per heavy atom. The number of aromatic nitrogens is 4. The van der Waals surface area contributed by atoms with Crippen LogP contribution < -0.4 is 0 Å². The van der Waals surface area contributed by atoms with Crippen molar-refractivity contribution in [2.24, 2.45) is 0 Å². The molecule has 1 atom stereocenters. The fourth-order valence-electron chi connectivity index (χ4n) is 2.46. The maximum Gasteiger partial charge on any atom is 0.158 e. The molecular formula is C15H20N4O2.